The number of carbonyl (C=O) groups excluding carboxylic acids is 2. The molecule has 2 aromatic carbocycles. The number of piperidine rings is 1. The minimum Gasteiger partial charge on any atom is -0.465 e. The van der Waals surface area contributed by atoms with Crippen LogP contribution in [0.5, 0.6) is 0 Å². The number of hydrogen-bond acceptors (Lipinski definition) is 6. The monoisotopic (exact) mass is 415 g/mol. The van der Waals surface area contributed by atoms with Gasteiger partial charge in [-0.25, -0.2) is 9.18 Å². The number of ether oxygens (including phenoxy) is 1. The van der Waals surface area contributed by atoms with E-state index in [4.69, 9.17) is 0 Å². The number of amides is 1. The maximum atomic E-state index is 13.0. The van der Waals surface area contributed by atoms with Crippen molar-refractivity contribution in [3.63, 3.8) is 0 Å². The molecule has 1 amide bonds. The van der Waals surface area contributed by atoms with Crippen LogP contribution in [0.25, 0.3) is 0 Å². The summed E-state index contributed by atoms with van der Waals surface area (Å²) in [5.41, 5.74) is 0.660. The lowest BCUT2D eigenvalue weighted by atomic mass is 10.0. The average Bonchev–Trinajstić information content (AvgIpc) is 2.75. The highest BCUT2D eigenvalue weighted by atomic mass is 19.1. The van der Waals surface area contributed by atoms with E-state index in [2.05, 4.69) is 15.0 Å². The number of benzene rings is 2. The molecular formula is C21H22FN3O5. The molecule has 1 fully saturated rings. The van der Waals surface area contributed by atoms with Crippen molar-refractivity contribution in [2.75, 3.05) is 20.2 Å². The first kappa shape index (κ1) is 21.4. The average molecular weight is 415 g/mol. The molecule has 8 nitrogen and oxygen atoms in total. The molecule has 1 aliphatic heterocycles. The minimum absolute atomic E-state index is 0.0401. The zero-order valence-electron chi connectivity index (χ0n) is 16.5. The summed E-state index contributed by atoms with van der Waals surface area (Å²) in [6.45, 7) is 2.21. The number of hydrogen-bond donors (Lipinski definition) is 1. The van der Waals surface area contributed by atoms with Crippen molar-refractivity contribution in [3.8, 4) is 0 Å². The lowest BCUT2D eigenvalue weighted by Gasteiger charge is -2.32. The van der Waals surface area contributed by atoms with E-state index in [1.165, 1.54) is 25.3 Å². The number of likely N-dealkylation sites (tertiary alicyclic amines) is 1. The maximum absolute atomic E-state index is 13.0. The van der Waals surface area contributed by atoms with Crippen LogP contribution >= 0.6 is 0 Å². The van der Waals surface area contributed by atoms with Crippen LogP contribution in [0.1, 0.15) is 39.1 Å². The molecule has 2 aromatic rings. The highest BCUT2D eigenvalue weighted by molar-refractivity contribution is 5.99. The molecule has 158 valence electrons. The zero-order valence-corrected chi connectivity index (χ0v) is 16.5. The van der Waals surface area contributed by atoms with Gasteiger partial charge in [0.1, 0.15) is 5.82 Å². The number of nitro benzene ring substituents is 1. The van der Waals surface area contributed by atoms with Gasteiger partial charge in [-0.15, -0.1) is 0 Å². The summed E-state index contributed by atoms with van der Waals surface area (Å²) >= 11 is 0. The Balaban J connectivity index is 1.60. The van der Waals surface area contributed by atoms with Crippen LogP contribution in [-0.4, -0.2) is 47.9 Å². The second-order valence-corrected chi connectivity index (χ2v) is 7.17. The van der Waals surface area contributed by atoms with E-state index >= 15 is 0 Å². The van der Waals surface area contributed by atoms with Gasteiger partial charge in [0, 0.05) is 43.4 Å². The molecule has 1 N–H and O–H groups in total. The summed E-state index contributed by atoms with van der Waals surface area (Å²) in [5.74, 6) is -1.49. The van der Waals surface area contributed by atoms with E-state index in [9.17, 15) is 24.1 Å². The van der Waals surface area contributed by atoms with Gasteiger partial charge in [-0.1, -0.05) is 12.1 Å². The molecule has 0 radical (unpaired) electrons. The fourth-order valence-electron chi connectivity index (χ4n) is 3.44. The largest absolute Gasteiger partial charge is 0.465 e. The molecule has 30 heavy (non-hydrogen) atoms. The lowest BCUT2D eigenvalue weighted by molar-refractivity contribution is -0.384. The van der Waals surface area contributed by atoms with E-state index < -0.39 is 16.8 Å². The van der Waals surface area contributed by atoms with Crippen molar-refractivity contribution in [2.45, 2.75) is 25.4 Å². The number of nitrogens with zero attached hydrogens (tertiary/aromatic N) is 2. The fourth-order valence-corrected chi connectivity index (χ4v) is 3.44. The molecule has 0 spiro atoms. The third-order valence-electron chi connectivity index (χ3n) is 5.05. The van der Waals surface area contributed by atoms with E-state index in [1.807, 2.05) is 0 Å². The first-order chi connectivity index (χ1) is 14.4. The van der Waals surface area contributed by atoms with Gasteiger partial charge >= 0.3 is 5.97 Å². The Morgan fingerprint density at radius 1 is 1.17 bits per heavy atom. The first-order valence-corrected chi connectivity index (χ1v) is 9.51. The van der Waals surface area contributed by atoms with Gasteiger partial charge in [-0.2, -0.15) is 0 Å². The molecule has 1 saturated heterocycles. The van der Waals surface area contributed by atoms with E-state index in [0.29, 0.717) is 19.4 Å². The Bertz CT molecular complexity index is 940. The topological polar surface area (TPSA) is 102 Å². The Labute approximate surface area is 172 Å². The van der Waals surface area contributed by atoms with Crippen molar-refractivity contribution in [2.24, 2.45) is 0 Å². The van der Waals surface area contributed by atoms with Gasteiger partial charge in [-0.05, 0) is 36.6 Å². The summed E-state index contributed by atoms with van der Waals surface area (Å²) < 4.78 is 17.6. The van der Waals surface area contributed by atoms with Crippen LogP contribution < -0.4 is 5.32 Å². The molecular weight excluding hydrogens is 393 g/mol. The Kier molecular flexibility index (Phi) is 6.73. The second kappa shape index (κ2) is 9.45. The standard InChI is InChI=1S/C21H22FN3O5/c1-30-21(27)16-10-15(11-19(12-16)25(28)29)20(26)23-18-6-8-24(9-7-18)13-14-2-4-17(22)5-3-14/h2-5,10-12,18H,6-9,13H2,1H3,(H,23,26). The maximum Gasteiger partial charge on any atom is 0.338 e. The molecule has 0 aromatic heterocycles. The summed E-state index contributed by atoms with van der Waals surface area (Å²) in [5, 5.41) is 14.0. The van der Waals surface area contributed by atoms with Gasteiger partial charge in [0.2, 0.25) is 0 Å². The van der Waals surface area contributed by atoms with E-state index in [0.717, 1.165) is 30.8 Å². The van der Waals surface area contributed by atoms with Crippen LogP contribution in [-0.2, 0) is 11.3 Å². The van der Waals surface area contributed by atoms with Crippen LogP contribution in [0.3, 0.4) is 0 Å². The van der Waals surface area contributed by atoms with Crippen molar-refractivity contribution >= 4 is 17.6 Å². The SMILES string of the molecule is COC(=O)c1cc(C(=O)NC2CCN(Cc3ccc(F)cc3)CC2)cc([N+](=O)[O-])c1. The molecule has 9 heteroatoms. The number of rotatable bonds is 6. The predicted molar refractivity (Wildman–Crippen MR) is 107 cm³/mol. The zero-order chi connectivity index (χ0) is 21.7. The highest BCUT2D eigenvalue weighted by Crippen LogP contribution is 2.20. The number of methoxy groups -OCH3 is 1. The number of halogens is 1. The van der Waals surface area contributed by atoms with Crippen molar-refractivity contribution in [1.82, 2.24) is 10.2 Å². The van der Waals surface area contributed by atoms with Gasteiger partial charge in [0.25, 0.3) is 11.6 Å². The molecule has 3 rings (SSSR count). The number of esters is 1. The van der Waals surface area contributed by atoms with Crippen molar-refractivity contribution in [3.05, 3.63) is 75.1 Å². The van der Waals surface area contributed by atoms with Gasteiger partial charge in [0.15, 0.2) is 0 Å². The van der Waals surface area contributed by atoms with E-state index in [1.54, 1.807) is 12.1 Å². The second-order valence-electron chi connectivity index (χ2n) is 7.17. The minimum atomic E-state index is -0.748. The van der Waals surface area contributed by atoms with Crippen molar-refractivity contribution < 1.29 is 23.6 Å². The smallest absolute Gasteiger partial charge is 0.338 e. The Morgan fingerprint density at radius 2 is 1.80 bits per heavy atom. The third kappa shape index (κ3) is 5.38. The fraction of sp³-hybridized carbons (Fsp3) is 0.333. The predicted octanol–water partition coefficient (Wildman–Crippen LogP) is 2.91. The van der Waals surface area contributed by atoms with Crippen LogP contribution in [0.2, 0.25) is 0 Å². The molecule has 0 unspecified atom stereocenters. The van der Waals surface area contributed by atoms with Gasteiger partial charge < -0.3 is 10.1 Å². The number of nitro groups is 1. The van der Waals surface area contributed by atoms with Crippen LogP contribution in [0.4, 0.5) is 10.1 Å². The summed E-state index contributed by atoms with van der Waals surface area (Å²) in [4.78, 5) is 37.1. The van der Waals surface area contributed by atoms with Gasteiger partial charge in [0.05, 0.1) is 17.6 Å². The normalized spacial score (nSPS) is 14.9. The summed E-state index contributed by atoms with van der Waals surface area (Å²) in [6.07, 6.45) is 1.43. The molecule has 1 heterocycles. The Morgan fingerprint density at radius 3 is 2.40 bits per heavy atom. The molecule has 1 aliphatic rings. The molecule has 0 saturated carbocycles. The first-order valence-electron chi connectivity index (χ1n) is 9.51. The molecule has 0 atom stereocenters. The van der Waals surface area contributed by atoms with Crippen LogP contribution in [0, 0.1) is 15.9 Å². The lowest BCUT2D eigenvalue weighted by Crippen LogP contribution is -2.44. The summed E-state index contributed by atoms with van der Waals surface area (Å²) in [7, 11) is 1.17. The highest BCUT2D eigenvalue weighted by Gasteiger charge is 2.23. The Hall–Kier alpha value is -3.33. The van der Waals surface area contributed by atoms with Gasteiger partial charge in [-0.3, -0.25) is 19.8 Å². The molecule has 0 aliphatic carbocycles. The third-order valence-corrected chi connectivity index (χ3v) is 5.05. The molecule has 0 bridgehead atoms. The quantitative estimate of drug-likeness (QED) is 0.442. The van der Waals surface area contributed by atoms with Crippen LogP contribution in [0.15, 0.2) is 42.5 Å². The van der Waals surface area contributed by atoms with E-state index in [-0.39, 0.29) is 28.7 Å². The van der Waals surface area contributed by atoms with Crippen molar-refractivity contribution in [1.29, 1.82) is 0 Å². The number of carbonyl (C=O) groups is 2. The summed E-state index contributed by atoms with van der Waals surface area (Å²) in [6, 6.07) is 9.81. The number of non-ortho nitro benzene ring substituents is 1. The number of nitrogens with one attached hydrogen (secondary N) is 1.